The van der Waals surface area contributed by atoms with Crippen molar-refractivity contribution in [1.82, 2.24) is 0 Å². The molecule has 0 amide bonds. The van der Waals surface area contributed by atoms with Crippen molar-refractivity contribution in [2.24, 2.45) is 0 Å². The van der Waals surface area contributed by atoms with Gasteiger partial charge in [0.05, 0.1) is 39.6 Å². The average molecular weight is 423 g/mol. The van der Waals surface area contributed by atoms with Gasteiger partial charge in [-0.15, -0.1) is 0 Å². The van der Waals surface area contributed by atoms with Crippen LogP contribution in [-0.2, 0) is 4.79 Å². The molecule has 2 rings (SSSR count). The summed E-state index contributed by atoms with van der Waals surface area (Å²) in [6.07, 6.45) is 2.60. The molecule has 0 unspecified atom stereocenters. The van der Waals surface area contributed by atoms with Gasteiger partial charge >= 0.3 is 5.97 Å². The van der Waals surface area contributed by atoms with Gasteiger partial charge in [-0.3, -0.25) is 0 Å². The molecule has 31 heavy (non-hydrogen) atoms. The first-order valence-electron chi connectivity index (χ1n) is 9.49. The number of ether oxygens (including phenoxy) is 4. The molecule has 0 saturated carbocycles. The first-order valence-corrected chi connectivity index (χ1v) is 9.49. The van der Waals surface area contributed by atoms with Crippen LogP contribution in [0.4, 0.5) is 0 Å². The highest BCUT2D eigenvalue weighted by Crippen LogP contribution is 2.33. The van der Waals surface area contributed by atoms with Crippen LogP contribution in [0.5, 0.6) is 23.0 Å². The van der Waals surface area contributed by atoms with Gasteiger partial charge in [-0.25, -0.2) is 4.79 Å². The van der Waals surface area contributed by atoms with E-state index in [9.17, 15) is 10.1 Å². The molecule has 0 bridgehead atoms. The Balaban J connectivity index is 2.19. The molecule has 0 aromatic heterocycles. The number of carboxylic acids is 1. The molecule has 0 aliphatic heterocycles. The zero-order chi connectivity index (χ0) is 22.8. The van der Waals surface area contributed by atoms with Gasteiger partial charge in [-0.1, -0.05) is 12.6 Å². The van der Waals surface area contributed by atoms with E-state index in [1.807, 2.05) is 6.07 Å². The van der Waals surface area contributed by atoms with Crippen LogP contribution in [0.2, 0.25) is 0 Å². The second-order valence-corrected chi connectivity index (χ2v) is 6.51. The van der Waals surface area contributed by atoms with Crippen LogP contribution in [0.1, 0.15) is 24.0 Å². The fourth-order valence-electron chi connectivity index (χ4n) is 2.82. The Kier molecular flexibility index (Phi) is 8.52. The maximum absolute atomic E-state index is 10.8. The van der Waals surface area contributed by atoms with E-state index in [0.29, 0.717) is 53.6 Å². The third-order valence-electron chi connectivity index (χ3n) is 4.50. The highest BCUT2D eigenvalue weighted by atomic mass is 16.5. The standard InChI is InChI=1S/C24H25NO6/c1-16(24(26)27)6-5-11-31-21-9-7-17(13-22(21)29-3)12-19(15-25)18-8-10-20(28-2)23(14-18)30-4/h7-10,12-14H,1,5-6,11H2,2-4H3,(H,26,27). The minimum Gasteiger partial charge on any atom is -0.493 e. The second kappa shape index (κ2) is 11.3. The third-order valence-corrected chi connectivity index (χ3v) is 4.50. The number of rotatable bonds is 11. The average Bonchev–Trinajstić information content (AvgIpc) is 2.79. The third kappa shape index (κ3) is 6.28. The Morgan fingerprint density at radius 2 is 1.68 bits per heavy atom. The number of aliphatic carboxylic acids is 1. The summed E-state index contributed by atoms with van der Waals surface area (Å²) in [6.45, 7) is 3.82. The molecule has 0 aliphatic carbocycles. The lowest BCUT2D eigenvalue weighted by Gasteiger charge is -2.12. The summed E-state index contributed by atoms with van der Waals surface area (Å²) in [6, 6.07) is 12.8. The van der Waals surface area contributed by atoms with Crippen molar-refractivity contribution in [2.75, 3.05) is 27.9 Å². The molecule has 2 aromatic rings. The van der Waals surface area contributed by atoms with Crippen LogP contribution in [0.3, 0.4) is 0 Å². The van der Waals surface area contributed by atoms with Crippen LogP contribution in [0, 0.1) is 11.3 Å². The van der Waals surface area contributed by atoms with Crippen molar-refractivity contribution in [3.8, 4) is 29.1 Å². The van der Waals surface area contributed by atoms with E-state index in [1.54, 1.807) is 50.6 Å². The summed E-state index contributed by atoms with van der Waals surface area (Å²) in [5.74, 6) is 1.16. The van der Waals surface area contributed by atoms with Crippen molar-refractivity contribution in [2.45, 2.75) is 12.8 Å². The smallest absolute Gasteiger partial charge is 0.330 e. The molecule has 2 aromatic carbocycles. The van der Waals surface area contributed by atoms with Gasteiger partial charge in [-0.2, -0.15) is 5.26 Å². The minimum atomic E-state index is -1.00. The van der Waals surface area contributed by atoms with Gasteiger partial charge in [0, 0.05) is 5.57 Å². The molecule has 0 saturated heterocycles. The van der Waals surface area contributed by atoms with Crippen molar-refractivity contribution in [3.05, 3.63) is 59.7 Å². The molecule has 0 heterocycles. The summed E-state index contributed by atoms with van der Waals surface area (Å²) in [5.41, 5.74) is 2.05. The van der Waals surface area contributed by atoms with E-state index < -0.39 is 5.97 Å². The van der Waals surface area contributed by atoms with Gasteiger partial charge in [0.1, 0.15) is 0 Å². The molecular formula is C24H25NO6. The number of hydrogen-bond acceptors (Lipinski definition) is 6. The SMILES string of the molecule is C=C(CCCOc1ccc(C=C(C#N)c2ccc(OC)c(OC)c2)cc1OC)C(=O)O. The number of benzene rings is 2. The molecule has 7 nitrogen and oxygen atoms in total. The number of carboxylic acid groups (broad SMARTS) is 1. The van der Waals surface area contributed by atoms with E-state index in [2.05, 4.69) is 12.6 Å². The molecule has 1 N–H and O–H groups in total. The van der Waals surface area contributed by atoms with E-state index in [0.717, 1.165) is 5.56 Å². The summed E-state index contributed by atoms with van der Waals surface area (Å²) >= 11 is 0. The molecule has 0 atom stereocenters. The normalized spacial score (nSPS) is 10.7. The van der Waals surface area contributed by atoms with Gasteiger partial charge in [0.15, 0.2) is 23.0 Å². The number of allylic oxidation sites excluding steroid dienone is 1. The van der Waals surface area contributed by atoms with Crippen LogP contribution < -0.4 is 18.9 Å². The Bertz CT molecular complexity index is 1020. The molecule has 0 spiro atoms. The Morgan fingerprint density at radius 3 is 2.29 bits per heavy atom. The predicted molar refractivity (Wildman–Crippen MR) is 118 cm³/mol. The maximum Gasteiger partial charge on any atom is 0.330 e. The summed E-state index contributed by atoms with van der Waals surface area (Å²) in [7, 11) is 4.62. The number of methoxy groups -OCH3 is 3. The highest BCUT2D eigenvalue weighted by molar-refractivity contribution is 5.90. The van der Waals surface area contributed by atoms with Crippen molar-refractivity contribution in [3.63, 3.8) is 0 Å². The van der Waals surface area contributed by atoms with Crippen molar-refractivity contribution >= 4 is 17.6 Å². The predicted octanol–water partition coefficient (Wildman–Crippen LogP) is 4.58. The molecule has 0 aliphatic rings. The lowest BCUT2D eigenvalue weighted by molar-refractivity contribution is -0.132. The zero-order valence-corrected chi connectivity index (χ0v) is 17.8. The fraction of sp³-hybridized carbons (Fsp3) is 0.250. The van der Waals surface area contributed by atoms with Gasteiger partial charge in [0.2, 0.25) is 0 Å². The van der Waals surface area contributed by atoms with Gasteiger partial charge in [0.25, 0.3) is 0 Å². The van der Waals surface area contributed by atoms with Crippen molar-refractivity contribution < 1.29 is 28.8 Å². The highest BCUT2D eigenvalue weighted by Gasteiger charge is 2.10. The number of carbonyl (C=O) groups is 1. The number of hydrogen-bond donors (Lipinski definition) is 1. The van der Waals surface area contributed by atoms with Gasteiger partial charge in [-0.05, 0) is 60.4 Å². The first-order chi connectivity index (χ1) is 14.9. The van der Waals surface area contributed by atoms with E-state index >= 15 is 0 Å². The lowest BCUT2D eigenvalue weighted by atomic mass is 10.0. The van der Waals surface area contributed by atoms with E-state index in [1.165, 1.54) is 7.11 Å². The number of nitriles is 1. The number of nitrogens with zero attached hydrogens (tertiary/aromatic N) is 1. The van der Waals surface area contributed by atoms with Crippen LogP contribution in [0.15, 0.2) is 48.6 Å². The van der Waals surface area contributed by atoms with Gasteiger partial charge < -0.3 is 24.1 Å². The van der Waals surface area contributed by atoms with E-state index in [-0.39, 0.29) is 5.57 Å². The largest absolute Gasteiger partial charge is 0.493 e. The Labute approximate surface area is 181 Å². The first kappa shape index (κ1) is 23.4. The van der Waals surface area contributed by atoms with Crippen LogP contribution >= 0.6 is 0 Å². The van der Waals surface area contributed by atoms with Crippen LogP contribution in [0.25, 0.3) is 11.6 Å². The molecule has 0 fully saturated rings. The molecule has 162 valence electrons. The van der Waals surface area contributed by atoms with E-state index in [4.69, 9.17) is 24.1 Å². The Morgan fingerprint density at radius 1 is 1.03 bits per heavy atom. The lowest BCUT2D eigenvalue weighted by Crippen LogP contribution is -2.03. The Hall–Kier alpha value is -3.92. The summed E-state index contributed by atoms with van der Waals surface area (Å²) in [4.78, 5) is 10.8. The quantitative estimate of drug-likeness (QED) is 0.244. The molecule has 0 radical (unpaired) electrons. The summed E-state index contributed by atoms with van der Waals surface area (Å²) < 4.78 is 21.7. The van der Waals surface area contributed by atoms with Crippen LogP contribution in [-0.4, -0.2) is 39.0 Å². The summed E-state index contributed by atoms with van der Waals surface area (Å²) in [5, 5.41) is 18.5. The molecule has 7 heteroatoms. The molecular weight excluding hydrogens is 398 g/mol. The van der Waals surface area contributed by atoms with Crippen molar-refractivity contribution in [1.29, 1.82) is 5.26 Å². The minimum absolute atomic E-state index is 0.148. The fourth-order valence-corrected chi connectivity index (χ4v) is 2.82. The maximum atomic E-state index is 10.8. The monoisotopic (exact) mass is 423 g/mol. The second-order valence-electron chi connectivity index (χ2n) is 6.51. The zero-order valence-electron chi connectivity index (χ0n) is 17.8. The topological polar surface area (TPSA) is 98.0 Å².